The number of aryl methyl sites for hydroxylation is 1. The van der Waals surface area contributed by atoms with Crippen LogP contribution in [0.25, 0.3) is 0 Å². The minimum absolute atomic E-state index is 0.539. The van der Waals surface area contributed by atoms with E-state index in [1.54, 1.807) is 0 Å². The molecule has 0 atom stereocenters. The molecule has 1 N–H and O–H groups in total. The van der Waals surface area contributed by atoms with Crippen molar-refractivity contribution in [3.8, 4) is 6.07 Å². The van der Waals surface area contributed by atoms with Gasteiger partial charge in [-0.15, -0.1) is 5.10 Å². The lowest BCUT2D eigenvalue weighted by atomic mass is 10.1. The summed E-state index contributed by atoms with van der Waals surface area (Å²) in [5, 5.41) is 20.9. The summed E-state index contributed by atoms with van der Waals surface area (Å²) in [5.74, 6) is 0.539. The number of para-hydroxylation sites is 1. The molecule has 0 amide bonds. The van der Waals surface area contributed by atoms with Crippen molar-refractivity contribution in [2.45, 2.75) is 20.4 Å². The lowest BCUT2D eigenvalue weighted by Gasteiger charge is -2.30. The smallest absolute Gasteiger partial charge is 0.167 e. The molecule has 3 rings (SSSR count). The van der Waals surface area contributed by atoms with Gasteiger partial charge >= 0.3 is 0 Å². The van der Waals surface area contributed by atoms with Gasteiger partial charge in [-0.2, -0.15) is 10.4 Å². The number of aromatic nitrogens is 2. The van der Waals surface area contributed by atoms with E-state index >= 15 is 0 Å². The third-order valence-corrected chi connectivity index (χ3v) is 4.36. The molecule has 2 heterocycles. The monoisotopic (exact) mass is 323 g/mol. The highest BCUT2D eigenvalue weighted by atomic mass is 16.5. The zero-order valence-corrected chi connectivity index (χ0v) is 14.0. The van der Waals surface area contributed by atoms with Crippen LogP contribution in [0.1, 0.15) is 22.4 Å². The second kappa shape index (κ2) is 7.28. The summed E-state index contributed by atoms with van der Waals surface area (Å²) in [5.41, 5.74) is 4.58. The maximum atomic E-state index is 9.40. The molecular formula is C18H21N5O. The maximum absolute atomic E-state index is 9.40. The molecule has 0 unspecified atom stereocenters. The molecule has 124 valence electrons. The van der Waals surface area contributed by atoms with Crippen molar-refractivity contribution in [2.24, 2.45) is 0 Å². The minimum atomic E-state index is 0.539. The number of morpholine rings is 1. The average Bonchev–Trinajstić information content (AvgIpc) is 2.63. The van der Waals surface area contributed by atoms with Gasteiger partial charge in [0.05, 0.1) is 18.9 Å². The predicted molar refractivity (Wildman–Crippen MR) is 93.0 cm³/mol. The summed E-state index contributed by atoms with van der Waals surface area (Å²) in [4.78, 5) is 2.33. The van der Waals surface area contributed by atoms with E-state index < -0.39 is 0 Å². The fraction of sp³-hybridized carbons (Fsp3) is 0.389. The zero-order chi connectivity index (χ0) is 16.9. The fourth-order valence-corrected chi connectivity index (χ4v) is 2.82. The van der Waals surface area contributed by atoms with E-state index in [1.807, 2.05) is 26.0 Å². The SMILES string of the molecule is Cc1nnc(NCc2ccccc2N2CCOCC2)c(C#N)c1C. The van der Waals surface area contributed by atoms with Crippen LogP contribution in [-0.4, -0.2) is 36.5 Å². The first-order valence-electron chi connectivity index (χ1n) is 8.09. The minimum Gasteiger partial charge on any atom is -0.378 e. The van der Waals surface area contributed by atoms with Gasteiger partial charge in [0.25, 0.3) is 0 Å². The van der Waals surface area contributed by atoms with Crippen LogP contribution in [0.3, 0.4) is 0 Å². The first-order valence-corrected chi connectivity index (χ1v) is 8.09. The highest BCUT2D eigenvalue weighted by Gasteiger charge is 2.15. The molecule has 6 nitrogen and oxygen atoms in total. The maximum Gasteiger partial charge on any atom is 0.167 e. The number of nitrogens with one attached hydrogen (secondary N) is 1. The number of rotatable bonds is 4. The van der Waals surface area contributed by atoms with Crippen molar-refractivity contribution >= 4 is 11.5 Å². The Labute approximate surface area is 142 Å². The summed E-state index contributed by atoms with van der Waals surface area (Å²) in [7, 11) is 0. The first-order chi connectivity index (χ1) is 11.7. The Bertz CT molecular complexity index is 762. The predicted octanol–water partition coefficient (Wildman–Crippen LogP) is 2.41. The number of hydrogen-bond acceptors (Lipinski definition) is 6. The van der Waals surface area contributed by atoms with E-state index in [0.29, 0.717) is 17.9 Å². The first kappa shape index (κ1) is 16.2. The second-order valence-corrected chi connectivity index (χ2v) is 5.83. The molecule has 0 aliphatic carbocycles. The molecule has 1 aromatic heterocycles. The van der Waals surface area contributed by atoms with Crippen LogP contribution in [0.15, 0.2) is 24.3 Å². The van der Waals surface area contributed by atoms with Crippen LogP contribution in [-0.2, 0) is 11.3 Å². The molecule has 1 saturated heterocycles. The quantitative estimate of drug-likeness (QED) is 0.931. The zero-order valence-electron chi connectivity index (χ0n) is 14.0. The van der Waals surface area contributed by atoms with Gasteiger partial charge in [-0.1, -0.05) is 18.2 Å². The van der Waals surface area contributed by atoms with Crippen LogP contribution in [0.4, 0.5) is 11.5 Å². The highest BCUT2D eigenvalue weighted by molar-refractivity contribution is 5.59. The Hall–Kier alpha value is -2.65. The molecule has 1 aromatic carbocycles. The number of ether oxygens (including phenoxy) is 1. The number of anilines is 2. The summed E-state index contributed by atoms with van der Waals surface area (Å²) in [6.45, 7) is 7.65. The Morgan fingerprint density at radius 2 is 1.96 bits per heavy atom. The molecule has 0 saturated carbocycles. The van der Waals surface area contributed by atoms with Gasteiger partial charge in [-0.3, -0.25) is 0 Å². The topological polar surface area (TPSA) is 74.1 Å². The third-order valence-electron chi connectivity index (χ3n) is 4.36. The Morgan fingerprint density at radius 1 is 1.21 bits per heavy atom. The van der Waals surface area contributed by atoms with E-state index in [2.05, 4.69) is 38.6 Å². The van der Waals surface area contributed by atoms with Gasteiger partial charge in [0.1, 0.15) is 11.6 Å². The van der Waals surface area contributed by atoms with Crippen molar-refractivity contribution in [1.29, 1.82) is 5.26 Å². The standard InChI is InChI=1S/C18H21N5O/c1-13-14(2)21-22-18(16(13)11-19)20-12-15-5-3-4-6-17(15)23-7-9-24-10-8-23/h3-6H,7-10,12H2,1-2H3,(H,20,22). The molecule has 1 aliphatic heterocycles. The van der Waals surface area contributed by atoms with Gasteiger partial charge in [0.15, 0.2) is 5.82 Å². The van der Waals surface area contributed by atoms with Gasteiger partial charge in [0, 0.05) is 25.3 Å². The van der Waals surface area contributed by atoms with Crippen molar-refractivity contribution in [2.75, 3.05) is 36.5 Å². The average molecular weight is 323 g/mol. The summed E-state index contributed by atoms with van der Waals surface area (Å²) in [6, 6.07) is 10.5. The van der Waals surface area contributed by atoms with Gasteiger partial charge in [0.2, 0.25) is 0 Å². The lowest BCUT2D eigenvalue weighted by molar-refractivity contribution is 0.122. The van der Waals surface area contributed by atoms with E-state index in [-0.39, 0.29) is 0 Å². The van der Waals surface area contributed by atoms with Crippen LogP contribution in [0.2, 0.25) is 0 Å². The van der Waals surface area contributed by atoms with Crippen molar-refractivity contribution in [3.05, 3.63) is 46.6 Å². The summed E-state index contributed by atoms with van der Waals surface area (Å²) >= 11 is 0. The fourth-order valence-electron chi connectivity index (χ4n) is 2.82. The Morgan fingerprint density at radius 3 is 2.71 bits per heavy atom. The van der Waals surface area contributed by atoms with Crippen molar-refractivity contribution in [3.63, 3.8) is 0 Å². The Balaban J connectivity index is 1.81. The van der Waals surface area contributed by atoms with Crippen LogP contribution in [0, 0.1) is 25.2 Å². The second-order valence-electron chi connectivity index (χ2n) is 5.83. The number of benzene rings is 1. The van der Waals surface area contributed by atoms with Crippen molar-refractivity contribution in [1.82, 2.24) is 10.2 Å². The normalized spacial score (nSPS) is 14.3. The van der Waals surface area contributed by atoms with Gasteiger partial charge < -0.3 is 15.0 Å². The Kier molecular flexibility index (Phi) is 4.92. The largest absolute Gasteiger partial charge is 0.378 e. The molecule has 1 aliphatic rings. The lowest BCUT2D eigenvalue weighted by Crippen LogP contribution is -2.36. The molecule has 2 aromatic rings. The molecular weight excluding hydrogens is 302 g/mol. The molecule has 1 fully saturated rings. The van der Waals surface area contributed by atoms with E-state index in [9.17, 15) is 5.26 Å². The number of nitriles is 1. The molecule has 0 bridgehead atoms. The van der Waals surface area contributed by atoms with Gasteiger partial charge in [-0.25, -0.2) is 0 Å². The van der Waals surface area contributed by atoms with Crippen LogP contribution >= 0.6 is 0 Å². The summed E-state index contributed by atoms with van der Waals surface area (Å²) in [6.07, 6.45) is 0. The molecule has 24 heavy (non-hydrogen) atoms. The summed E-state index contributed by atoms with van der Waals surface area (Å²) < 4.78 is 5.43. The molecule has 0 radical (unpaired) electrons. The van der Waals surface area contributed by atoms with Crippen molar-refractivity contribution < 1.29 is 4.74 Å². The highest BCUT2D eigenvalue weighted by Crippen LogP contribution is 2.23. The number of hydrogen-bond donors (Lipinski definition) is 1. The third kappa shape index (κ3) is 3.31. The molecule has 6 heteroatoms. The van der Waals surface area contributed by atoms with Crippen LogP contribution < -0.4 is 10.2 Å². The van der Waals surface area contributed by atoms with E-state index in [0.717, 1.165) is 37.6 Å². The molecule has 0 spiro atoms. The van der Waals surface area contributed by atoms with E-state index in [1.165, 1.54) is 11.3 Å². The van der Waals surface area contributed by atoms with E-state index in [4.69, 9.17) is 4.74 Å². The van der Waals surface area contributed by atoms with Crippen LogP contribution in [0.5, 0.6) is 0 Å². The number of nitrogens with zero attached hydrogens (tertiary/aromatic N) is 4. The van der Waals surface area contributed by atoms with Gasteiger partial charge in [-0.05, 0) is 31.0 Å².